The third kappa shape index (κ3) is 3.15. The van der Waals surface area contributed by atoms with Crippen LogP contribution < -0.4 is 10.3 Å². The van der Waals surface area contributed by atoms with Crippen LogP contribution >= 0.6 is 34.2 Å². The first-order valence-electron chi connectivity index (χ1n) is 6.11. The smallest absolute Gasteiger partial charge is 0.268 e. The maximum Gasteiger partial charge on any atom is 0.268 e. The molecule has 1 heterocycles. The molecular weight excluding hydrogens is 391 g/mol. The third-order valence-electron chi connectivity index (χ3n) is 2.89. The van der Waals surface area contributed by atoms with Crippen molar-refractivity contribution in [1.82, 2.24) is 9.97 Å². The Morgan fingerprint density at radius 2 is 2.10 bits per heavy atom. The van der Waals surface area contributed by atoms with Crippen molar-refractivity contribution in [3.05, 3.63) is 48.5 Å². The lowest BCUT2D eigenvalue weighted by molar-refractivity contribution is 0.452. The van der Waals surface area contributed by atoms with Gasteiger partial charge in [-0.15, -0.1) is 0 Å². The van der Waals surface area contributed by atoms with Gasteiger partial charge in [-0.05, 0) is 58.7 Å². The normalized spacial score (nSPS) is 10.9. The van der Waals surface area contributed by atoms with Crippen LogP contribution in [0.3, 0.4) is 0 Å². The number of aryl methyl sites for hydroxylation is 1. The van der Waals surface area contributed by atoms with Crippen molar-refractivity contribution in [2.75, 3.05) is 0 Å². The van der Waals surface area contributed by atoms with Crippen molar-refractivity contribution >= 4 is 34.2 Å². The number of hydrogen-bond acceptors (Lipinski definition) is 3. The minimum Gasteiger partial charge on any atom is -0.437 e. The molecule has 0 aliphatic heterocycles. The van der Waals surface area contributed by atoms with Gasteiger partial charge in [0.05, 0.1) is 6.33 Å². The highest BCUT2D eigenvalue weighted by atomic mass is 127. The van der Waals surface area contributed by atoms with E-state index in [0.717, 1.165) is 16.1 Å². The number of nitrogens with zero attached hydrogens (tertiary/aromatic N) is 1. The molecule has 0 atom stereocenters. The molecule has 0 saturated carbocycles. The zero-order chi connectivity index (χ0) is 14.9. The fraction of sp³-hybridized carbons (Fsp3) is 0.286. The van der Waals surface area contributed by atoms with E-state index in [0.29, 0.717) is 15.2 Å². The molecule has 20 heavy (non-hydrogen) atoms. The summed E-state index contributed by atoms with van der Waals surface area (Å²) in [4.78, 5) is 18.1. The van der Waals surface area contributed by atoms with E-state index in [1.807, 2.05) is 41.6 Å². The number of ether oxygens (including phenoxy) is 1. The molecule has 0 spiro atoms. The van der Waals surface area contributed by atoms with Gasteiger partial charge in [0.2, 0.25) is 5.88 Å². The van der Waals surface area contributed by atoms with E-state index in [1.54, 1.807) is 0 Å². The molecule has 106 valence electrons. The van der Waals surface area contributed by atoms with Crippen LogP contribution in [0.4, 0.5) is 0 Å². The van der Waals surface area contributed by atoms with Gasteiger partial charge in [-0.3, -0.25) is 4.79 Å². The predicted molar refractivity (Wildman–Crippen MR) is 87.9 cm³/mol. The zero-order valence-electron chi connectivity index (χ0n) is 11.3. The van der Waals surface area contributed by atoms with E-state index in [-0.39, 0.29) is 11.5 Å². The maximum atomic E-state index is 11.5. The Kier molecular flexibility index (Phi) is 4.70. The summed E-state index contributed by atoms with van der Waals surface area (Å²) in [6.07, 6.45) is 1.33. The Hall–Kier alpha value is -1.08. The van der Waals surface area contributed by atoms with E-state index in [1.165, 1.54) is 6.33 Å². The highest BCUT2D eigenvalue weighted by Gasteiger charge is 2.13. The molecule has 0 amide bonds. The van der Waals surface area contributed by atoms with Gasteiger partial charge >= 0.3 is 0 Å². The first kappa shape index (κ1) is 15.3. The largest absolute Gasteiger partial charge is 0.437 e. The topological polar surface area (TPSA) is 55.0 Å². The van der Waals surface area contributed by atoms with Gasteiger partial charge in [0, 0.05) is 5.02 Å². The number of H-pyrrole nitrogens is 1. The summed E-state index contributed by atoms with van der Waals surface area (Å²) in [5.74, 6) is 1.25. The molecule has 0 bridgehead atoms. The predicted octanol–water partition coefficient (Wildman–Crippen LogP) is 4.25. The summed E-state index contributed by atoms with van der Waals surface area (Å²) >= 11 is 8.14. The highest BCUT2D eigenvalue weighted by Crippen LogP contribution is 2.33. The lowest BCUT2D eigenvalue weighted by Gasteiger charge is -2.14. The maximum absolute atomic E-state index is 11.5. The molecule has 2 rings (SSSR count). The minimum absolute atomic E-state index is 0.216. The van der Waals surface area contributed by atoms with Crippen LogP contribution in [-0.4, -0.2) is 9.97 Å². The molecule has 1 aromatic carbocycles. The molecule has 6 heteroatoms. The van der Waals surface area contributed by atoms with E-state index >= 15 is 0 Å². The lowest BCUT2D eigenvalue weighted by atomic mass is 10.0. The second kappa shape index (κ2) is 6.13. The van der Waals surface area contributed by atoms with Crippen LogP contribution in [0.15, 0.2) is 23.3 Å². The first-order chi connectivity index (χ1) is 9.40. The van der Waals surface area contributed by atoms with Crippen LogP contribution in [0.25, 0.3) is 0 Å². The van der Waals surface area contributed by atoms with Crippen molar-refractivity contribution in [3.63, 3.8) is 0 Å². The lowest BCUT2D eigenvalue weighted by Crippen LogP contribution is -2.11. The average molecular weight is 405 g/mol. The standard InChI is InChI=1S/C14H14ClIN2O2/c1-7(2)9-5-11(8(3)4-10(9)15)20-14-12(16)13(19)17-6-18-14/h4-7H,1-3H3,(H,17,18,19). The van der Waals surface area contributed by atoms with Crippen LogP contribution in [0.1, 0.15) is 30.9 Å². The van der Waals surface area contributed by atoms with E-state index < -0.39 is 0 Å². The SMILES string of the molecule is Cc1cc(Cl)c(C(C)C)cc1Oc1nc[nH]c(=O)c1I. The Morgan fingerprint density at radius 3 is 2.75 bits per heavy atom. The molecule has 1 aromatic heterocycles. The van der Waals surface area contributed by atoms with E-state index in [2.05, 4.69) is 23.8 Å². The summed E-state index contributed by atoms with van der Waals surface area (Å²) in [5, 5.41) is 0.721. The van der Waals surface area contributed by atoms with Crippen LogP contribution in [0.2, 0.25) is 5.02 Å². The van der Waals surface area contributed by atoms with Crippen molar-refractivity contribution in [2.45, 2.75) is 26.7 Å². The second-order valence-electron chi connectivity index (χ2n) is 4.75. The number of aromatic amines is 1. The van der Waals surface area contributed by atoms with Crippen molar-refractivity contribution in [2.24, 2.45) is 0 Å². The molecule has 0 aliphatic carbocycles. The number of benzene rings is 1. The quantitative estimate of drug-likeness (QED) is 0.778. The molecule has 2 aromatic rings. The molecule has 0 fully saturated rings. The number of nitrogens with one attached hydrogen (secondary N) is 1. The third-order valence-corrected chi connectivity index (χ3v) is 4.17. The molecule has 0 saturated heterocycles. The van der Waals surface area contributed by atoms with Crippen molar-refractivity contribution in [1.29, 1.82) is 0 Å². The minimum atomic E-state index is -0.216. The molecule has 0 radical (unpaired) electrons. The molecule has 0 aliphatic rings. The first-order valence-corrected chi connectivity index (χ1v) is 7.57. The van der Waals surface area contributed by atoms with Gasteiger partial charge in [-0.2, -0.15) is 0 Å². The summed E-state index contributed by atoms with van der Waals surface area (Å²) in [6.45, 7) is 6.04. The van der Waals surface area contributed by atoms with Gasteiger partial charge in [-0.1, -0.05) is 25.4 Å². The van der Waals surface area contributed by atoms with Gasteiger partial charge in [-0.25, -0.2) is 4.98 Å². The highest BCUT2D eigenvalue weighted by molar-refractivity contribution is 14.1. The van der Waals surface area contributed by atoms with Crippen molar-refractivity contribution < 1.29 is 4.74 Å². The molecule has 0 unspecified atom stereocenters. The Labute approximate surface area is 135 Å². The Bertz CT molecular complexity index is 698. The second-order valence-corrected chi connectivity index (χ2v) is 6.23. The Balaban J connectivity index is 2.46. The summed E-state index contributed by atoms with van der Waals surface area (Å²) in [7, 11) is 0. The van der Waals surface area contributed by atoms with E-state index in [4.69, 9.17) is 16.3 Å². The molecular formula is C14H14ClIN2O2. The van der Waals surface area contributed by atoms with Crippen LogP contribution in [-0.2, 0) is 0 Å². The number of rotatable bonds is 3. The molecule has 1 N–H and O–H groups in total. The van der Waals surface area contributed by atoms with Gasteiger partial charge < -0.3 is 9.72 Å². The Morgan fingerprint density at radius 1 is 1.40 bits per heavy atom. The average Bonchev–Trinajstić information content (AvgIpc) is 2.37. The summed E-state index contributed by atoms with van der Waals surface area (Å²) in [6, 6.07) is 3.77. The molecule has 4 nitrogen and oxygen atoms in total. The fourth-order valence-corrected chi connectivity index (χ4v) is 2.60. The van der Waals surface area contributed by atoms with Gasteiger partial charge in [0.15, 0.2) is 0 Å². The summed E-state index contributed by atoms with van der Waals surface area (Å²) in [5.41, 5.74) is 1.69. The van der Waals surface area contributed by atoms with Crippen molar-refractivity contribution in [3.8, 4) is 11.6 Å². The number of aromatic nitrogens is 2. The summed E-state index contributed by atoms with van der Waals surface area (Å²) < 4.78 is 6.19. The zero-order valence-corrected chi connectivity index (χ0v) is 14.2. The number of halogens is 2. The van der Waals surface area contributed by atoms with E-state index in [9.17, 15) is 4.79 Å². The van der Waals surface area contributed by atoms with Gasteiger partial charge in [0.1, 0.15) is 9.32 Å². The van der Waals surface area contributed by atoms with Crippen LogP contribution in [0.5, 0.6) is 11.6 Å². The van der Waals surface area contributed by atoms with Gasteiger partial charge in [0.25, 0.3) is 5.56 Å². The monoisotopic (exact) mass is 404 g/mol. The number of hydrogen-bond donors (Lipinski definition) is 1. The fourth-order valence-electron chi connectivity index (χ4n) is 1.76. The van der Waals surface area contributed by atoms with Crippen LogP contribution in [0, 0.1) is 10.5 Å².